The average Bonchev–Trinajstić information content (AvgIpc) is 3.16. The Hall–Kier alpha value is -3.12. The molecule has 0 aliphatic rings. The molecule has 3 aromatic rings. The number of nitriles is 1. The molecule has 0 spiro atoms. The van der Waals surface area contributed by atoms with Gasteiger partial charge in [0.2, 0.25) is 0 Å². The van der Waals surface area contributed by atoms with E-state index >= 15 is 0 Å². The molecule has 150 valence electrons. The van der Waals surface area contributed by atoms with Gasteiger partial charge in [0.1, 0.15) is 28.2 Å². The Kier molecular flexibility index (Phi) is 6.57. The minimum atomic E-state index is -0.633. The summed E-state index contributed by atoms with van der Waals surface area (Å²) >= 11 is 15.3. The van der Waals surface area contributed by atoms with Crippen LogP contribution in [0.25, 0.3) is 17.4 Å². The van der Waals surface area contributed by atoms with E-state index in [-0.39, 0.29) is 38.4 Å². The van der Waals surface area contributed by atoms with Gasteiger partial charge in [-0.05, 0) is 42.5 Å². The number of halogens is 3. The molecular formula is C20H10BrCl2N3O4. The van der Waals surface area contributed by atoms with Gasteiger partial charge in [0.05, 0.1) is 9.95 Å². The van der Waals surface area contributed by atoms with Crippen molar-refractivity contribution in [1.29, 1.82) is 5.26 Å². The molecule has 0 aliphatic heterocycles. The number of hydrogen-bond acceptors (Lipinski definition) is 5. The highest BCUT2D eigenvalue weighted by molar-refractivity contribution is 9.10. The van der Waals surface area contributed by atoms with Crippen LogP contribution in [0.5, 0.6) is 0 Å². The quantitative estimate of drug-likeness (QED) is 0.184. The summed E-state index contributed by atoms with van der Waals surface area (Å²) in [4.78, 5) is 22.8. The lowest BCUT2D eigenvalue weighted by molar-refractivity contribution is -0.384. The van der Waals surface area contributed by atoms with Gasteiger partial charge in [-0.3, -0.25) is 14.9 Å². The molecule has 7 nitrogen and oxygen atoms in total. The van der Waals surface area contributed by atoms with Gasteiger partial charge in [-0.1, -0.05) is 39.1 Å². The van der Waals surface area contributed by atoms with Crippen molar-refractivity contribution >= 4 is 62.5 Å². The van der Waals surface area contributed by atoms with Gasteiger partial charge in [-0.15, -0.1) is 0 Å². The predicted octanol–water partition coefficient (Wildman–Crippen LogP) is 6.47. The third kappa shape index (κ3) is 4.89. The van der Waals surface area contributed by atoms with Crippen LogP contribution in [0, 0.1) is 21.4 Å². The minimum absolute atomic E-state index is 0.100. The summed E-state index contributed by atoms with van der Waals surface area (Å²) in [6, 6.07) is 14.2. The predicted molar refractivity (Wildman–Crippen MR) is 117 cm³/mol. The number of carbonyl (C=O) groups excluding carboxylic acids is 1. The molecule has 1 N–H and O–H groups in total. The SMILES string of the molecule is N#C/C(=C/c1ccc(-c2cc([N+](=O)[O-])c(Cl)cc2Cl)o1)C(=O)Nc1ccc(Br)cc1. The van der Waals surface area contributed by atoms with Crippen LogP contribution < -0.4 is 5.32 Å². The molecule has 0 fully saturated rings. The van der Waals surface area contributed by atoms with Crippen LogP contribution >= 0.6 is 39.1 Å². The number of nitrogens with one attached hydrogen (secondary N) is 1. The lowest BCUT2D eigenvalue weighted by Gasteiger charge is -2.04. The number of nitro benzene ring substituents is 1. The van der Waals surface area contributed by atoms with Crippen molar-refractivity contribution < 1.29 is 14.1 Å². The van der Waals surface area contributed by atoms with E-state index in [0.717, 1.165) is 4.47 Å². The van der Waals surface area contributed by atoms with Crippen LogP contribution in [0.3, 0.4) is 0 Å². The summed E-state index contributed by atoms with van der Waals surface area (Å²) in [5.41, 5.74) is 0.262. The molecule has 10 heteroatoms. The number of anilines is 1. The number of nitro groups is 1. The highest BCUT2D eigenvalue weighted by Crippen LogP contribution is 2.37. The lowest BCUT2D eigenvalue weighted by Crippen LogP contribution is -2.13. The maximum absolute atomic E-state index is 12.4. The van der Waals surface area contributed by atoms with Gasteiger partial charge in [0, 0.05) is 27.9 Å². The van der Waals surface area contributed by atoms with Crippen molar-refractivity contribution in [3.05, 3.63) is 84.5 Å². The van der Waals surface area contributed by atoms with Crippen molar-refractivity contribution in [2.24, 2.45) is 0 Å². The first-order valence-corrected chi connectivity index (χ1v) is 9.75. The molecular weight excluding hydrogens is 497 g/mol. The highest BCUT2D eigenvalue weighted by Gasteiger charge is 2.19. The fourth-order valence-electron chi connectivity index (χ4n) is 2.46. The van der Waals surface area contributed by atoms with Gasteiger partial charge < -0.3 is 9.73 Å². The second-order valence-electron chi connectivity index (χ2n) is 5.87. The molecule has 0 saturated heterocycles. The van der Waals surface area contributed by atoms with Crippen molar-refractivity contribution in [1.82, 2.24) is 0 Å². The maximum atomic E-state index is 12.4. The number of benzene rings is 2. The largest absolute Gasteiger partial charge is 0.457 e. The lowest BCUT2D eigenvalue weighted by atomic mass is 10.1. The van der Waals surface area contributed by atoms with Crippen LogP contribution in [-0.2, 0) is 4.79 Å². The summed E-state index contributed by atoms with van der Waals surface area (Å²) in [6.07, 6.45) is 1.26. The number of hydrogen-bond donors (Lipinski definition) is 1. The molecule has 1 heterocycles. The number of amides is 1. The van der Waals surface area contributed by atoms with Crippen LogP contribution in [0.15, 0.2) is 63.0 Å². The fraction of sp³-hybridized carbons (Fsp3) is 0. The van der Waals surface area contributed by atoms with Crippen LogP contribution in [0.1, 0.15) is 5.76 Å². The monoisotopic (exact) mass is 505 g/mol. The zero-order chi connectivity index (χ0) is 21.8. The average molecular weight is 507 g/mol. The van der Waals surface area contributed by atoms with E-state index in [9.17, 15) is 20.2 Å². The second kappa shape index (κ2) is 9.13. The Balaban J connectivity index is 1.87. The topological polar surface area (TPSA) is 109 Å². The van der Waals surface area contributed by atoms with Gasteiger partial charge in [-0.2, -0.15) is 5.26 Å². The van der Waals surface area contributed by atoms with Gasteiger partial charge in [0.25, 0.3) is 11.6 Å². The van der Waals surface area contributed by atoms with Crippen molar-refractivity contribution in [2.45, 2.75) is 0 Å². The summed E-state index contributed by atoms with van der Waals surface area (Å²) in [6.45, 7) is 0. The fourth-order valence-corrected chi connectivity index (χ4v) is 3.27. The highest BCUT2D eigenvalue weighted by atomic mass is 79.9. The zero-order valence-corrected chi connectivity index (χ0v) is 18.0. The first-order chi connectivity index (χ1) is 14.3. The van der Waals surface area contributed by atoms with Crippen molar-refractivity contribution in [3.63, 3.8) is 0 Å². The van der Waals surface area contributed by atoms with E-state index in [1.807, 2.05) is 6.07 Å². The third-order valence-electron chi connectivity index (χ3n) is 3.88. The third-order valence-corrected chi connectivity index (χ3v) is 5.02. The van der Waals surface area contributed by atoms with Crippen LogP contribution in [0.4, 0.5) is 11.4 Å². The molecule has 0 aliphatic carbocycles. The molecule has 30 heavy (non-hydrogen) atoms. The molecule has 3 rings (SSSR count). The maximum Gasteiger partial charge on any atom is 0.288 e. The number of nitrogens with zero attached hydrogens (tertiary/aromatic N) is 2. The molecule has 1 aromatic heterocycles. The van der Waals surface area contributed by atoms with E-state index in [2.05, 4.69) is 21.2 Å². The molecule has 0 atom stereocenters. The first kappa shape index (κ1) is 21.6. The Morgan fingerprint density at radius 2 is 1.87 bits per heavy atom. The normalized spacial score (nSPS) is 11.1. The molecule has 2 aromatic carbocycles. The van der Waals surface area contributed by atoms with Crippen LogP contribution in [0.2, 0.25) is 10.0 Å². The van der Waals surface area contributed by atoms with Crippen LogP contribution in [-0.4, -0.2) is 10.8 Å². The summed E-state index contributed by atoms with van der Waals surface area (Å²) < 4.78 is 6.46. The summed E-state index contributed by atoms with van der Waals surface area (Å²) in [5, 5.41) is 23.1. The van der Waals surface area contributed by atoms with Crippen molar-refractivity contribution in [3.8, 4) is 17.4 Å². The second-order valence-corrected chi connectivity index (χ2v) is 7.60. The Morgan fingerprint density at radius 1 is 1.17 bits per heavy atom. The summed E-state index contributed by atoms with van der Waals surface area (Å²) in [5.74, 6) is -0.198. The van der Waals surface area contributed by atoms with E-state index in [1.165, 1.54) is 30.3 Å². The molecule has 0 radical (unpaired) electrons. The molecule has 0 bridgehead atoms. The Bertz CT molecular complexity index is 1210. The first-order valence-electron chi connectivity index (χ1n) is 8.21. The van der Waals surface area contributed by atoms with Gasteiger partial charge in [0.15, 0.2) is 0 Å². The number of rotatable bonds is 5. The van der Waals surface area contributed by atoms with E-state index in [1.54, 1.807) is 24.3 Å². The Labute approximate surface area is 188 Å². The minimum Gasteiger partial charge on any atom is -0.457 e. The number of carbonyl (C=O) groups is 1. The van der Waals surface area contributed by atoms with E-state index < -0.39 is 10.8 Å². The standard InChI is InChI=1S/C20H10BrCl2N3O4/c21-12-1-3-13(4-2-12)25-20(27)11(10-24)7-14-5-6-19(30-14)15-8-18(26(28)29)17(23)9-16(15)22/h1-9H,(H,25,27)/b11-7-. The number of furan rings is 1. The summed E-state index contributed by atoms with van der Waals surface area (Å²) in [7, 11) is 0. The zero-order valence-electron chi connectivity index (χ0n) is 14.9. The van der Waals surface area contributed by atoms with E-state index in [4.69, 9.17) is 27.6 Å². The smallest absolute Gasteiger partial charge is 0.288 e. The molecule has 0 saturated carbocycles. The van der Waals surface area contributed by atoms with Gasteiger partial charge in [-0.25, -0.2) is 0 Å². The Morgan fingerprint density at radius 3 is 2.50 bits per heavy atom. The van der Waals surface area contributed by atoms with Gasteiger partial charge >= 0.3 is 0 Å². The molecule has 0 unspecified atom stereocenters. The molecule has 1 amide bonds. The van der Waals surface area contributed by atoms with Crippen molar-refractivity contribution in [2.75, 3.05) is 5.32 Å². The van der Waals surface area contributed by atoms with E-state index in [0.29, 0.717) is 5.69 Å².